The van der Waals surface area contributed by atoms with Crippen molar-refractivity contribution in [1.82, 2.24) is 0 Å². The summed E-state index contributed by atoms with van der Waals surface area (Å²) < 4.78 is 10.1. The third-order valence-electron chi connectivity index (χ3n) is 6.17. The van der Waals surface area contributed by atoms with Gasteiger partial charge >= 0.3 is 11.9 Å². The molecule has 6 nitrogen and oxygen atoms in total. The zero-order chi connectivity index (χ0) is 28.8. The third-order valence-corrected chi connectivity index (χ3v) is 6.17. The van der Waals surface area contributed by atoms with Gasteiger partial charge in [0.1, 0.15) is 19.3 Å². The summed E-state index contributed by atoms with van der Waals surface area (Å²) in [6.45, 7) is 4.02. The molecular weight excluding hydrogens is 492 g/mol. The molecule has 0 bridgehead atoms. The Morgan fingerprint density at radius 2 is 1.18 bits per heavy atom. The van der Waals surface area contributed by atoms with E-state index in [1.54, 1.807) is 6.08 Å². The van der Waals surface area contributed by atoms with Crippen LogP contribution < -0.4 is 0 Å². The number of rotatable bonds is 26. The molecule has 0 aromatic rings. The van der Waals surface area contributed by atoms with Crippen LogP contribution in [-0.4, -0.2) is 47.6 Å². The van der Waals surface area contributed by atoms with E-state index in [0.29, 0.717) is 19.3 Å². The van der Waals surface area contributed by atoms with Gasteiger partial charge in [0.15, 0.2) is 0 Å². The molecule has 2 N–H and O–H groups in total. The summed E-state index contributed by atoms with van der Waals surface area (Å²) in [6, 6.07) is 0. The number of aliphatic hydroxyl groups is 2. The van der Waals surface area contributed by atoms with E-state index in [9.17, 15) is 19.8 Å². The molecule has 0 spiro atoms. The average Bonchev–Trinajstić information content (AvgIpc) is 2.92. The number of hydrogen-bond acceptors (Lipinski definition) is 6. The highest BCUT2D eigenvalue weighted by atomic mass is 16.6. The molecule has 0 aliphatic carbocycles. The maximum atomic E-state index is 11.9. The lowest BCUT2D eigenvalue weighted by molar-refractivity contribution is -0.152. The number of unbranched alkanes of at least 4 members (excludes halogenated alkanes) is 9. The Hall–Kier alpha value is -2.18. The predicted octanol–water partition coefficient (Wildman–Crippen LogP) is 7.69. The smallest absolute Gasteiger partial charge is 0.305 e. The fourth-order valence-electron chi connectivity index (χ4n) is 3.77. The number of esters is 2. The molecule has 0 aromatic carbocycles. The third kappa shape index (κ3) is 28.6. The van der Waals surface area contributed by atoms with Crippen molar-refractivity contribution < 1.29 is 29.3 Å². The summed E-state index contributed by atoms with van der Waals surface area (Å²) in [6.07, 6.45) is 30.6. The number of aliphatic hydroxyl groups excluding tert-OH is 2. The molecule has 39 heavy (non-hydrogen) atoms. The molecule has 0 fully saturated rings. The molecule has 0 heterocycles. The summed E-state index contributed by atoms with van der Waals surface area (Å²) >= 11 is 0. The van der Waals surface area contributed by atoms with Crippen molar-refractivity contribution in [3.63, 3.8) is 0 Å². The van der Waals surface area contributed by atoms with Crippen molar-refractivity contribution in [3.05, 3.63) is 48.6 Å². The van der Waals surface area contributed by atoms with Crippen LogP contribution in [0.25, 0.3) is 0 Å². The molecule has 0 unspecified atom stereocenters. The van der Waals surface area contributed by atoms with E-state index < -0.39 is 18.2 Å². The number of hydrogen-bond donors (Lipinski definition) is 2. The Labute approximate surface area is 238 Å². The lowest BCUT2D eigenvalue weighted by Crippen LogP contribution is -2.25. The number of carbonyl (C=O) groups excluding carboxylic acids is 2. The maximum absolute atomic E-state index is 11.9. The zero-order valence-electron chi connectivity index (χ0n) is 24.7. The first-order chi connectivity index (χ1) is 19.0. The average molecular weight is 549 g/mol. The van der Waals surface area contributed by atoms with Gasteiger partial charge in [0, 0.05) is 12.8 Å². The maximum Gasteiger partial charge on any atom is 0.305 e. The highest BCUT2D eigenvalue weighted by Crippen LogP contribution is 2.09. The Bertz CT molecular complexity index is 694. The second-order valence-corrected chi connectivity index (χ2v) is 10.1. The number of carbonyl (C=O) groups is 2. The van der Waals surface area contributed by atoms with Gasteiger partial charge in [-0.05, 0) is 44.9 Å². The Morgan fingerprint density at radius 3 is 1.85 bits per heavy atom. The van der Waals surface area contributed by atoms with Gasteiger partial charge in [0.2, 0.25) is 0 Å². The lowest BCUT2D eigenvalue weighted by Gasteiger charge is -2.12. The standard InChI is InChI=1S/C33H56O6/c1-3-5-7-9-11-12-13-14-15-16-18-19-21-24-30(34)25-23-27-33(37)39-29-31(35)28-38-32(36)26-22-20-17-10-8-6-4-2/h11-12,14-15,18-19,21,24,30-31,34-35H,3-10,13,16-17,20,22-23,25-29H2,1-2H3/b12-11-,15-14-,19-18-,24-21+/t30-,31-/m1/s1. The molecule has 6 heteroatoms. The molecule has 0 radical (unpaired) electrons. The van der Waals surface area contributed by atoms with Gasteiger partial charge in [-0.25, -0.2) is 0 Å². The lowest BCUT2D eigenvalue weighted by atomic mass is 10.1. The van der Waals surface area contributed by atoms with Crippen molar-refractivity contribution in [1.29, 1.82) is 0 Å². The van der Waals surface area contributed by atoms with Gasteiger partial charge in [0.05, 0.1) is 6.10 Å². The Kier molecular flexibility index (Phi) is 27.2. The largest absolute Gasteiger partial charge is 0.463 e. The van der Waals surface area contributed by atoms with E-state index >= 15 is 0 Å². The summed E-state index contributed by atoms with van der Waals surface area (Å²) in [5.41, 5.74) is 0. The van der Waals surface area contributed by atoms with Crippen LogP contribution in [0.4, 0.5) is 0 Å². The molecule has 2 atom stereocenters. The van der Waals surface area contributed by atoms with E-state index in [0.717, 1.165) is 38.5 Å². The first kappa shape index (κ1) is 36.8. The Balaban J connectivity index is 3.74. The molecule has 0 aliphatic rings. The van der Waals surface area contributed by atoms with Crippen molar-refractivity contribution >= 4 is 11.9 Å². The van der Waals surface area contributed by atoms with Gasteiger partial charge in [-0.3, -0.25) is 9.59 Å². The molecule has 0 rings (SSSR count). The minimum absolute atomic E-state index is 0.156. The van der Waals surface area contributed by atoms with Gasteiger partial charge in [-0.15, -0.1) is 0 Å². The van der Waals surface area contributed by atoms with E-state index in [1.807, 2.05) is 18.2 Å². The minimum Gasteiger partial charge on any atom is -0.463 e. The summed E-state index contributed by atoms with van der Waals surface area (Å²) in [5.74, 6) is -0.773. The van der Waals surface area contributed by atoms with Crippen LogP contribution in [0.15, 0.2) is 48.6 Å². The van der Waals surface area contributed by atoms with Crippen LogP contribution in [0, 0.1) is 0 Å². The molecular formula is C33H56O6. The van der Waals surface area contributed by atoms with Crippen molar-refractivity contribution in [2.45, 2.75) is 135 Å². The van der Waals surface area contributed by atoms with E-state index in [-0.39, 0.29) is 25.6 Å². The van der Waals surface area contributed by atoms with Crippen LogP contribution in [0.3, 0.4) is 0 Å². The van der Waals surface area contributed by atoms with Crippen LogP contribution in [0.2, 0.25) is 0 Å². The molecule has 224 valence electrons. The highest BCUT2D eigenvalue weighted by molar-refractivity contribution is 5.69. The molecule has 0 aromatic heterocycles. The fourth-order valence-corrected chi connectivity index (χ4v) is 3.77. The number of allylic oxidation sites excluding steroid dienone is 7. The molecule has 0 saturated carbocycles. The van der Waals surface area contributed by atoms with E-state index in [1.165, 1.54) is 44.9 Å². The van der Waals surface area contributed by atoms with Crippen LogP contribution in [-0.2, 0) is 19.1 Å². The fraction of sp³-hybridized carbons (Fsp3) is 0.697. The summed E-state index contributed by atoms with van der Waals surface area (Å²) in [7, 11) is 0. The molecule has 0 amide bonds. The van der Waals surface area contributed by atoms with Crippen molar-refractivity contribution in [2.75, 3.05) is 13.2 Å². The minimum atomic E-state index is -1.03. The number of ether oxygens (including phenoxy) is 2. The normalized spacial score (nSPS) is 13.6. The van der Waals surface area contributed by atoms with Gasteiger partial charge in [0.25, 0.3) is 0 Å². The monoisotopic (exact) mass is 548 g/mol. The van der Waals surface area contributed by atoms with E-state index in [2.05, 4.69) is 38.2 Å². The molecule has 0 aliphatic heterocycles. The van der Waals surface area contributed by atoms with Gasteiger partial charge in [-0.2, -0.15) is 0 Å². The quantitative estimate of drug-likeness (QED) is 0.0498. The van der Waals surface area contributed by atoms with Crippen molar-refractivity contribution in [3.8, 4) is 0 Å². The summed E-state index contributed by atoms with van der Waals surface area (Å²) in [5, 5.41) is 19.9. The topological polar surface area (TPSA) is 93.1 Å². The zero-order valence-corrected chi connectivity index (χ0v) is 24.7. The van der Waals surface area contributed by atoms with Crippen LogP contribution in [0.1, 0.15) is 123 Å². The first-order valence-electron chi connectivity index (χ1n) is 15.3. The summed E-state index contributed by atoms with van der Waals surface area (Å²) in [4.78, 5) is 23.6. The Morgan fingerprint density at radius 1 is 0.641 bits per heavy atom. The van der Waals surface area contributed by atoms with Gasteiger partial charge < -0.3 is 19.7 Å². The van der Waals surface area contributed by atoms with E-state index in [4.69, 9.17) is 9.47 Å². The SMILES string of the molecule is CCCCC/C=C\C/C=C\C/C=C\C=C\[C@@H](O)CCCC(=O)OC[C@H](O)COC(=O)CCCCCCCCC. The predicted molar refractivity (Wildman–Crippen MR) is 160 cm³/mol. The van der Waals surface area contributed by atoms with Gasteiger partial charge in [-0.1, -0.05) is 114 Å². The highest BCUT2D eigenvalue weighted by Gasteiger charge is 2.12. The second-order valence-electron chi connectivity index (χ2n) is 10.1. The molecule has 0 saturated heterocycles. The van der Waals surface area contributed by atoms with Crippen molar-refractivity contribution in [2.24, 2.45) is 0 Å². The van der Waals surface area contributed by atoms with Crippen LogP contribution in [0.5, 0.6) is 0 Å². The second kappa shape index (κ2) is 28.8. The first-order valence-corrected chi connectivity index (χ1v) is 15.3. The van der Waals surface area contributed by atoms with Crippen LogP contribution >= 0.6 is 0 Å².